The largest absolute Gasteiger partial charge is 0.0654 e. The van der Waals surface area contributed by atoms with Crippen molar-refractivity contribution in [2.45, 2.75) is 85.0 Å². The Morgan fingerprint density at radius 2 is 1.62 bits per heavy atom. The molecule has 0 heterocycles. The van der Waals surface area contributed by atoms with E-state index in [1.165, 1.54) is 64.2 Å². The van der Waals surface area contributed by atoms with Crippen LogP contribution in [0.25, 0.3) is 0 Å². The molecule has 1 fully saturated rings. The molecule has 3 unspecified atom stereocenters. The zero-order valence-electron chi connectivity index (χ0n) is 11.8. The fraction of sp³-hybridized carbons (Fsp3) is 1.00. The molecule has 1 saturated carbocycles. The van der Waals surface area contributed by atoms with Crippen LogP contribution in [0, 0.1) is 17.8 Å². The van der Waals surface area contributed by atoms with Crippen LogP contribution in [0.2, 0.25) is 0 Å². The monoisotopic (exact) mass is 224 g/mol. The Labute approximate surface area is 103 Å². The van der Waals surface area contributed by atoms with E-state index in [0.717, 1.165) is 17.8 Å². The van der Waals surface area contributed by atoms with Crippen LogP contribution in [0.1, 0.15) is 85.0 Å². The first-order chi connectivity index (χ1) is 7.77. The highest BCUT2D eigenvalue weighted by atomic mass is 14.3. The minimum absolute atomic E-state index is 0.974. The van der Waals surface area contributed by atoms with Crippen molar-refractivity contribution in [3.05, 3.63) is 0 Å². The summed E-state index contributed by atoms with van der Waals surface area (Å²) in [4.78, 5) is 0. The molecule has 0 radical (unpaired) electrons. The van der Waals surface area contributed by atoms with Gasteiger partial charge in [-0.05, 0) is 24.2 Å². The fourth-order valence-electron chi connectivity index (χ4n) is 3.51. The van der Waals surface area contributed by atoms with Crippen LogP contribution in [0.4, 0.5) is 0 Å². The lowest BCUT2D eigenvalue weighted by Crippen LogP contribution is -2.17. The summed E-state index contributed by atoms with van der Waals surface area (Å²) in [6, 6.07) is 0. The molecule has 1 rings (SSSR count). The summed E-state index contributed by atoms with van der Waals surface area (Å²) in [7, 11) is 0. The fourth-order valence-corrected chi connectivity index (χ4v) is 3.51. The molecule has 0 bridgehead atoms. The van der Waals surface area contributed by atoms with Gasteiger partial charge in [0.15, 0.2) is 0 Å². The average Bonchev–Trinajstić information content (AvgIpc) is 2.29. The Hall–Kier alpha value is 0. The summed E-state index contributed by atoms with van der Waals surface area (Å²) >= 11 is 0. The highest BCUT2D eigenvalue weighted by Gasteiger charge is 2.20. The lowest BCUT2D eigenvalue weighted by Gasteiger charge is -2.28. The molecule has 16 heavy (non-hydrogen) atoms. The summed E-state index contributed by atoms with van der Waals surface area (Å²) in [6.07, 6.45) is 14.7. The van der Waals surface area contributed by atoms with E-state index in [1.807, 2.05) is 0 Å². The van der Waals surface area contributed by atoms with E-state index < -0.39 is 0 Å². The first-order valence-corrected chi connectivity index (χ1v) is 7.77. The van der Waals surface area contributed by atoms with Crippen LogP contribution in [-0.2, 0) is 0 Å². The second-order valence-corrected chi connectivity index (χ2v) is 6.03. The van der Waals surface area contributed by atoms with E-state index in [0.29, 0.717) is 0 Å². The van der Waals surface area contributed by atoms with Gasteiger partial charge in [0.2, 0.25) is 0 Å². The summed E-state index contributed by atoms with van der Waals surface area (Å²) in [6.45, 7) is 7.25. The number of hydrogen-bond acceptors (Lipinski definition) is 0. The topological polar surface area (TPSA) is 0 Å². The van der Waals surface area contributed by atoms with Gasteiger partial charge in [-0.3, -0.25) is 0 Å². The quantitative estimate of drug-likeness (QED) is 0.567. The molecule has 0 aromatic carbocycles. The Balaban J connectivity index is 2.50. The van der Waals surface area contributed by atoms with E-state index in [-0.39, 0.29) is 0 Å². The van der Waals surface area contributed by atoms with Crippen molar-refractivity contribution in [3.8, 4) is 0 Å². The molecule has 0 aromatic heterocycles. The van der Waals surface area contributed by atoms with Crippen LogP contribution >= 0.6 is 0 Å². The second-order valence-electron chi connectivity index (χ2n) is 6.03. The van der Waals surface area contributed by atoms with Gasteiger partial charge in [-0.1, -0.05) is 78.6 Å². The molecule has 0 aromatic rings. The van der Waals surface area contributed by atoms with E-state index in [2.05, 4.69) is 20.8 Å². The molecule has 0 nitrogen and oxygen atoms in total. The molecule has 0 spiro atoms. The molecule has 0 amide bonds. The maximum Gasteiger partial charge on any atom is -0.0388 e. The molecule has 96 valence electrons. The van der Waals surface area contributed by atoms with Gasteiger partial charge in [0.1, 0.15) is 0 Å². The van der Waals surface area contributed by atoms with E-state index in [4.69, 9.17) is 0 Å². The Morgan fingerprint density at radius 1 is 0.938 bits per heavy atom. The lowest BCUT2D eigenvalue weighted by atomic mass is 9.77. The van der Waals surface area contributed by atoms with Crippen molar-refractivity contribution >= 4 is 0 Å². The Morgan fingerprint density at radius 3 is 2.25 bits per heavy atom. The molecule has 0 N–H and O–H groups in total. The highest BCUT2D eigenvalue weighted by Crippen LogP contribution is 2.33. The molecule has 1 aliphatic rings. The van der Waals surface area contributed by atoms with Gasteiger partial charge in [-0.25, -0.2) is 0 Å². The Bertz CT molecular complexity index is 161. The van der Waals surface area contributed by atoms with Gasteiger partial charge in [-0.15, -0.1) is 0 Å². The molecule has 3 atom stereocenters. The smallest absolute Gasteiger partial charge is 0.0388 e. The summed E-state index contributed by atoms with van der Waals surface area (Å²) < 4.78 is 0. The standard InChI is InChI=1S/C16H32/c1-4-10-15-12-9-7-6-8-11-14(3)16(5-2)13-15/h14-16H,4-13H2,1-3H3. The second kappa shape index (κ2) is 8.14. The molecule has 1 aliphatic carbocycles. The predicted octanol–water partition coefficient (Wildman–Crippen LogP) is 5.81. The van der Waals surface area contributed by atoms with Crippen LogP contribution < -0.4 is 0 Å². The van der Waals surface area contributed by atoms with Crippen LogP contribution in [0.3, 0.4) is 0 Å². The molecular weight excluding hydrogens is 192 g/mol. The van der Waals surface area contributed by atoms with Gasteiger partial charge < -0.3 is 0 Å². The molecule has 0 aliphatic heterocycles. The summed E-state index contributed by atoms with van der Waals surface area (Å²) in [5, 5.41) is 0. The highest BCUT2D eigenvalue weighted by molar-refractivity contribution is 4.72. The number of rotatable bonds is 3. The third-order valence-electron chi connectivity index (χ3n) is 4.68. The lowest BCUT2D eigenvalue weighted by molar-refractivity contribution is 0.230. The summed E-state index contributed by atoms with van der Waals surface area (Å²) in [5.74, 6) is 3.02. The minimum atomic E-state index is 0.974. The normalized spacial score (nSPS) is 33.6. The van der Waals surface area contributed by atoms with Gasteiger partial charge in [0.05, 0.1) is 0 Å². The van der Waals surface area contributed by atoms with E-state index >= 15 is 0 Å². The first kappa shape index (κ1) is 14.1. The number of hydrogen-bond donors (Lipinski definition) is 0. The zero-order valence-corrected chi connectivity index (χ0v) is 11.8. The molecular formula is C16H32. The maximum atomic E-state index is 2.50. The van der Waals surface area contributed by atoms with Gasteiger partial charge >= 0.3 is 0 Å². The van der Waals surface area contributed by atoms with Crippen molar-refractivity contribution in [3.63, 3.8) is 0 Å². The van der Waals surface area contributed by atoms with Gasteiger partial charge in [-0.2, -0.15) is 0 Å². The predicted molar refractivity (Wildman–Crippen MR) is 73.7 cm³/mol. The zero-order chi connectivity index (χ0) is 11.8. The van der Waals surface area contributed by atoms with Crippen molar-refractivity contribution in [2.75, 3.05) is 0 Å². The van der Waals surface area contributed by atoms with Crippen molar-refractivity contribution in [2.24, 2.45) is 17.8 Å². The van der Waals surface area contributed by atoms with Crippen LogP contribution in [0.5, 0.6) is 0 Å². The average molecular weight is 224 g/mol. The molecule has 0 heteroatoms. The van der Waals surface area contributed by atoms with Crippen LogP contribution in [0.15, 0.2) is 0 Å². The van der Waals surface area contributed by atoms with Gasteiger partial charge in [0.25, 0.3) is 0 Å². The van der Waals surface area contributed by atoms with E-state index in [1.54, 1.807) is 0 Å². The SMILES string of the molecule is CCCC1CCCCCCC(C)C(CC)C1. The third kappa shape index (κ3) is 4.89. The molecule has 0 saturated heterocycles. The van der Waals surface area contributed by atoms with Crippen molar-refractivity contribution < 1.29 is 0 Å². The van der Waals surface area contributed by atoms with E-state index in [9.17, 15) is 0 Å². The van der Waals surface area contributed by atoms with Crippen LogP contribution in [-0.4, -0.2) is 0 Å². The first-order valence-electron chi connectivity index (χ1n) is 7.77. The van der Waals surface area contributed by atoms with Crippen molar-refractivity contribution in [1.82, 2.24) is 0 Å². The minimum Gasteiger partial charge on any atom is -0.0654 e. The summed E-state index contributed by atoms with van der Waals surface area (Å²) in [5.41, 5.74) is 0. The maximum absolute atomic E-state index is 2.50. The third-order valence-corrected chi connectivity index (χ3v) is 4.68. The van der Waals surface area contributed by atoms with Gasteiger partial charge in [0, 0.05) is 0 Å². The Kier molecular flexibility index (Phi) is 7.16. The van der Waals surface area contributed by atoms with Crippen molar-refractivity contribution in [1.29, 1.82) is 0 Å².